The van der Waals surface area contributed by atoms with E-state index in [0.717, 1.165) is 32.1 Å². The molecule has 0 atom stereocenters. The van der Waals surface area contributed by atoms with Gasteiger partial charge in [0.15, 0.2) is 11.5 Å². The van der Waals surface area contributed by atoms with Crippen molar-refractivity contribution in [1.29, 1.82) is 0 Å². The molecule has 0 heterocycles. The van der Waals surface area contributed by atoms with Crippen LogP contribution in [0.1, 0.15) is 213 Å². The zero-order valence-corrected chi connectivity index (χ0v) is 31.1. The molecule has 1 aromatic carbocycles. The zero-order chi connectivity index (χ0) is 33.2. The molecule has 0 radical (unpaired) electrons. The minimum Gasteiger partial charge on any atom is -0.489 e. The van der Waals surface area contributed by atoms with Gasteiger partial charge in [0.2, 0.25) is 5.75 Å². The normalized spacial score (nSPS) is 11.3. The Balaban J connectivity index is 2.47. The smallest absolute Gasteiger partial charge is 0.203 e. The molecule has 270 valence electrons. The molecule has 3 nitrogen and oxygen atoms in total. The Morgan fingerprint density at radius 2 is 0.587 bits per heavy atom. The van der Waals surface area contributed by atoms with Gasteiger partial charge >= 0.3 is 0 Å². The van der Waals surface area contributed by atoms with Crippen LogP contribution in [-0.2, 0) is 0 Å². The third-order valence-electron chi connectivity index (χ3n) is 9.24. The molecule has 0 aromatic heterocycles. The first-order chi connectivity index (χ1) is 22.7. The molecule has 0 bridgehead atoms. The summed E-state index contributed by atoms with van der Waals surface area (Å²) in [7, 11) is 0. The van der Waals surface area contributed by atoms with Crippen molar-refractivity contribution < 1.29 is 18.6 Å². The summed E-state index contributed by atoms with van der Waals surface area (Å²) in [6, 6.07) is 2.97. The minimum atomic E-state index is -0.317. The van der Waals surface area contributed by atoms with Crippen LogP contribution in [0.2, 0.25) is 0 Å². The summed E-state index contributed by atoms with van der Waals surface area (Å²) in [5, 5.41) is 0. The molecule has 0 aliphatic carbocycles. The Morgan fingerprint density at radius 3 is 0.870 bits per heavy atom. The topological polar surface area (TPSA) is 27.7 Å². The van der Waals surface area contributed by atoms with Crippen molar-refractivity contribution in [2.45, 2.75) is 213 Å². The summed E-state index contributed by atoms with van der Waals surface area (Å²) in [5.41, 5.74) is 0. The van der Waals surface area contributed by atoms with Gasteiger partial charge in [-0.15, -0.1) is 0 Å². The lowest BCUT2D eigenvalue weighted by Crippen LogP contribution is -2.07. The molecule has 46 heavy (non-hydrogen) atoms. The third-order valence-corrected chi connectivity index (χ3v) is 9.24. The second kappa shape index (κ2) is 33.5. The highest BCUT2D eigenvalue weighted by Gasteiger charge is 2.16. The summed E-state index contributed by atoms with van der Waals surface area (Å²) in [5.74, 6) is 1.28. The van der Waals surface area contributed by atoms with Gasteiger partial charge in [0, 0.05) is 12.1 Å². The summed E-state index contributed by atoms with van der Waals surface area (Å²) in [6.07, 6.45) is 38.5. The van der Waals surface area contributed by atoms with Crippen LogP contribution < -0.4 is 14.2 Å². The van der Waals surface area contributed by atoms with Crippen LogP contribution in [0.3, 0.4) is 0 Å². The molecular formula is C42H77FO3. The van der Waals surface area contributed by atoms with Crippen LogP contribution in [-0.4, -0.2) is 19.8 Å². The Hall–Kier alpha value is -1.45. The van der Waals surface area contributed by atoms with Gasteiger partial charge in [0.05, 0.1) is 19.8 Å². The molecule has 0 amide bonds. The Labute approximate surface area is 286 Å². The number of benzene rings is 1. The zero-order valence-electron chi connectivity index (χ0n) is 31.1. The number of unbranched alkanes of at least 4 members (excludes halogenated alkanes) is 27. The first kappa shape index (κ1) is 42.6. The van der Waals surface area contributed by atoms with Crippen LogP contribution in [0.4, 0.5) is 4.39 Å². The van der Waals surface area contributed by atoms with Crippen LogP contribution >= 0.6 is 0 Å². The fraction of sp³-hybridized carbons (Fsp3) is 0.857. The van der Waals surface area contributed by atoms with Crippen molar-refractivity contribution in [1.82, 2.24) is 0 Å². The first-order valence-corrected chi connectivity index (χ1v) is 20.4. The Bertz CT molecular complexity index is 720. The molecule has 0 fully saturated rings. The van der Waals surface area contributed by atoms with E-state index in [0.29, 0.717) is 37.1 Å². The molecule has 0 saturated heterocycles. The van der Waals surface area contributed by atoms with E-state index >= 15 is 0 Å². The van der Waals surface area contributed by atoms with Gasteiger partial charge in [-0.25, -0.2) is 4.39 Å². The van der Waals surface area contributed by atoms with E-state index < -0.39 is 0 Å². The molecule has 0 spiro atoms. The monoisotopic (exact) mass is 649 g/mol. The predicted octanol–water partition coefficient (Wildman–Crippen LogP) is 14.7. The lowest BCUT2D eigenvalue weighted by molar-refractivity contribution is 0.232. The van der Waals surface area contributed by atoms with Crippen LogP contribution in [0.25, 0.3) is 0 Å². The minimum absolute atomic E-state index is 0.317. The average Bonchev–Trinajstić information content (AvgIpc) is 3.05. The standard InChI is InChI=1S/C42H77FO3/c1-4-7-10-13-16-19-22-25-28-31-34-44-40-37-39(43)38-41(45-35-32-29-26-23-20-17-14-11-8-5-2)42(40)46-36-33-30-27-24-21-18-15-12-9-6-3/h37-38H,4-36H2,1-3H3. The maximum Gasteiger partial charge on any atom is 0.203 e. The van der Waals surface area contributed by atoms with Gasteiger partial charge in [-0.1, -0.05) is 194 Å². The maximum atomic E-state index is 14.7. The van der Waals surface area contributed by atoms with Gasteiger partial charge in [0.1, 0.15) is 5.82 Å². The summed E-state index contributed by atoms with van der Waals surface area (Å²) in [4.78, 5) is 0. The van der Waals surface area contributed by atoms with E-state index in [1.807, 2.05) is 0 Å². The molecule has 0 aliphatic heterocycles. The van der Waals surface area contributed by atoms with Gasteiger partial charge < -0.3 is 14.2 Å². The van der Waals surface area contributed by atoms with Crippen molar-refractivity contribution in [2.75, 3.05) is 19.8 Å². The van der Waals surface area contributed by atoms with E-state index in [1.165, 1.54) is 173 Å². The number of halogens is 1. The average molecular weight is 649 g/mol. The van der Waals surface area contributed by atoms with Crippen molar-refractivity contribution in [3.8, 4) is 17.2 Å². The molecule has 1 aromatic rings. The lowest BCUT2D eigenvalue weighted by atomic mass is 10.1. The largest absolute Gasteiger partial charge is 0.489 e. The number of hydrogen-bond acceptors (Lipinski definition) is 3. The SMILES string of the molecule is CCCCCCCCCCCCOc1cc(F)cc(OCCCCCCCCCCCC)c1OCCCCCCCCCCCC. The molecule has 0 saturated carbocycles. The summed E-state index contributed by atoms with van der Waals surface area (Å²) >= 11 is 0. The maximum absolute atomic E-state index is 14.7. The van der Waals surface area contributed by atoms with E-state index in [2.05, 4.69) is 20.8 Å². The highest BCUT2D eigenvalue weighted by Crippen LogP contribution is 2.39. The van der Waals surface area contributed by atoms with Crippen LogP contribution in [0.5, 0.6) is 17.2 Å². The van der Waals surface area contributed by atoms with Crippen LogP contribution in [0, 0.1) is 5.82 Å². The third kappa shape index (κ3) is 25.6. The number of hydrogen-bond donors (Lipinski definition) is 0. The molecular weight excluding hydrogens is 571 g/mol. The lowest BCUT2D eigenvalue weighted by Gasteiger charge is -2.17. The van der Waals surface area contributed by atoms with E-state index in [1.54, 1.807) is 0 Å². The summed E-state index contributed by atoms with van der Waals surface area (Å²) < 4.78 is 33.3. The van der Waals surface area contributed by atoms with Gasteiger partial charge in [-0.05, 0) is 19.3 Å². The Kier molecular flexibility index (Phi) is 31.0. The molecule has 0 aliphatic rings. The van der Waals surface area contributed by atoms with Crippen molar-refractivity contribution in [3.63, 3.8) is 0 Å². The van der Waals surface area contributed by atoms with Crippen LogP contribution in [0.15, 0.2) is 12.1 Å². The number of ether oxygens (including phenoxy) is 3. The highest BCUT2D eigenvalue weighted by atomic mass is 19.1. The first-order valence-electron chi connectivity index (χ1n) is 20.4. The molecule has 1 rings (SSSR count). The molecule has 0 N–H and O–H groups in total. The highest BCUT2D eigenvalue weighted by molar-refractivity contribution is 5.51. The van der Waals surface area contributed by atoms with Crippen molar-refractivity contribution >= 4 is 0 Å². The fourth-order valence-electron chi connectivity index (χ4n) is 6.21. The number of rotatable bonds is 36. The molecule has 0 unspecified atom stereocenters. The van der Waals surface area contributed by atoms with Gasteiger partial charge in [-0.2, -0.15) is 0 Å². The van der Waals surface area contributed by atoms with Gasteiger partial charge in [-0.3, -0.25) is 0 Å². The van der Waals surface area contributed by atoms with E-state index in [4.69, 9.17) is 14.2 Å². The van der Waals surface area contributed by atoms with Gasteiger partial charge in [0.25, 0.3) is 0 Å². The van der Waals surface area contributed by atoms with Crippen molar-refractivity contribution in [3.05, 3.63) is 17.9 Å². The Morgan fingerprint density at radius 1 is 0.348 bits per heavy atom. The second-order valence-corrected chi connectivity index (χ2v) is 13.8. The fourth-order valence-corrected chi connectivity index (χ4v) is 6.21. The summed E-state index contributed by atoms with van der Waals surface area (Å²) in [6.45, 7) is 8.61. The quantitative estimate of drug-likeness (QED) is 0.0678. The predicted molar refractivity (Wildman–Crippen MR) is 198 cm³/mol. The van der Waals surface area contributed by atoms with E-state index in [-0.39, 0.29) is 5.82 Å². The van der Waals surface area contributed by atoms with E-state index in [9.17, 15) is 4.39 Å². The van der Waals surface area contributed by atoms with Crippen molar-refractivity contribution in [2.24, 2.45) is 0 Å². The second-order valence-electron chi connectivity index (χ2n) is 13.8. The molecule has 4 heteroatoms.